The van der Waals surface area contributed by atoms with Gasteiger partial charge in [-0.2, -0.15) is 0 Å². The summed E-state index contributed by atoms with van der Waals surface area (Å²) in [5.41, 5.74) is -1.92. The highest BCUT2D eigenvalue weighted by Crippen LogP contribution is 2.35. The van der Waals surface area contributed by atoms with Crippen LogP contribution >= 0.6 is 0 Å². The molecule has 0 aliphatic carbocycles. The minimum atomic E-state index is -0.853. The summed E-state index contributed by atoms with van der Waals surface area (Å²) in [4.78, 5) is 23.9. The molecule has 0 aromatic rings. The van der Waals surface area contributed by atoms with Gasteiger partial charge in [-0.05, 0) is 48.0 Å². The maximum Gasteiger partial charge on any atom is 0.306 e. The van der Waals surface area contributed by atoms with Crippen LogP contribution in [-0.2, 0) is 14.3 Å². The molecule has 0 saturated heterocycles. The molecular weight excluding hydrogens is 242 g/mol. The van der Waals surface area contributed by atoms with E-state index in [-0.39, 0.29) is 17.4 Å². The van der Waals surface area contributed by atoms with Crippen molar-refractivity contribution in [2.45, 2.75) is 79.4 Å². The van der Waals surface area contributed by atoms with Gasteiger partial charge in [0.1, 0.15) is 5.60 Å². The van der Waals surface area contributed by atoms with Crippen LogP contribution in [0.4, 0.5) is 0 Å². The molecule has 0 heterocycles. The molecule has 0 fully saturated rings. The molecule has 1 amide bonds. The van der Waals surface area contributed by atoms with Gasteiger partial charge >= 0.3 is 5.97 Å². The van der Waals surface area contributed by atoms with Crippen LogP contribution in [0.25, 0.3) is 0 Å². The highest BCUT2D eigenvalue weighted by molar-refractivity contribution is 5.84. The summed E-state index contributed by atoms with van der Waals surface area (Å²) in [6.07, 6.45) is 1.14. The Morgan fingerprint density at radius 2 is 1.47 bits per heavy atom. The number of rotatable bonds is 6. The summed E-state index contributed by atoms with van der Waals surface area (Å²) in [5.74, 6) is -0.395. The van der Waals surface area contributed by atoms with Crippen molar-refractivity contribution in [3.05, 3.63) is 0 Å². The van der Waals surface area contributed by atoms with E-state index in [1.165, 1.54) is 0 Å². The average Bonchev–Trinajstić information content (AvgIpc) is 2.27. The predicted molar refractivity (Wildman–Crippen MR) is 76.8 cm³/mol. The van der Waals surface area contributed by atoms with Gasteiger partial charge in [-0.1, -0.05) is 13.8 Å². The van der Waals surface area contributed by atoms with Crippen molar-refractivity contribution in [2.75, 3.05) is 0 Å². The Morgan fingerprint density at radius 3 is 1.84 bits per heavy atom. The van der Waals surface area contributed by atoms with E-state index in [0.29, 0.717) is 6.42 Å². The third-order valence-corrected chi connectivity index (χ3v) is 4.07. The van der Waals surface area contributed by atoms with E-state index >= 15 is 0 Å². The minimum absolute atomic E-state index is 0.103. The molecule has 0 aliphatic rings. The van der Waals surface area contributed by atoms with Crippen LogP contribution in [0.5, 0.6) is 0 Å². The van der Waals surface area contributed by atoms with E-state index in [2.05, 4.69) is 5.32 Å². The van der Waals surface area contributed by atoms with Crippen LogP contribution in [0.2, 0.25) is 0 Å². The van der Waals surface area contributed by atoms with Crippen molar-refractivity contribution in [3.8, 4) is 0 Å². The van der Waals surface area contributed by atoms with E-state index < -0.39 is 11.0 Å². The molecule has 4 nitrogen and oxygen atoms in total. The molecule has 4 heteroatoms. The summed E-state index contributed by atoms with van der Waals surface area (Å²) in [7, 11) is 0. The van der Waals surface area contributed by atoms with Gasteiger partial charge in [-0.3, -0.25) is 9.59 Å². The van der Waals surface area contributed by atoms with Crippen molar-refractivity contribution < 1.29 is 14.3 Å². The van der Waals surface area contributed by atoms with E-state index in [4.69, 9.17) is 4.74 Å². The highest BCUT2D eigenvalue weighted by atomic mass is 16.6. The SMILES string of the molecule is CCC(=O)OC(C)(C)C(C)(C)C(=O)NC(C)(C)CC. The fourth-order valence-corrected chi connectivity index (χ4v) is 1.31. The molecule has 0 rings (SSSR count). The smallest absolute Gasteiger partial charge is 0.306 e. The zero-order valence-corrected chi connectivity index (χ0v) is 13.6. The molecule has 0 aromatic carbocycles. The highest BCUT2D eigenvalue weighted by Gasteiger charge is 2.47. The molecule has 0 saturated carbocycles. The van der Waals surface area contributed by atoms with Crippen molar-refractivity contribution in [3.63, 3.8) is 0 Å². The van der Waals surface area contributed by atoms with Crippen molar-refractivity contribution >= 4 is 11.9 Å². The van der Waals surface area contributed by atoms with Gasteiger partial charge in [0.2, 0.25) is 5.91 Å². The molecule has 0 aliphatic heterocycles. The van der Waals surface area contributed by atoms with Gasteiger partial charge in [0, 0.05) is 12.0 Å². The summed E-state index contributed by atoms with van der Waals surface area (Å²) in [6, 6.07) is 0. The Balaban J connectivity index is 5.03. The lowest BCUT2D eigenvalue weighted by atomic mass is 9.75. The number of amides is 1. The second-order valence-corrected chi connectivity index (χ2v) is 6.65. The van der Waals surface area contributed by atoms with Crippen LogP contribution < -0.4 is 5.32 Å². The summed E-state index contributed by atoms with van der Waals surface area (Å²) < 4.78 is 5.42. The fraction of sp³-hybridized carbons (Fsp3) is 0.867. The van der Waals surface area contributed by atoms with Gasteiger partial charge in [-0.15, -0.1) is 0 Å². The second kappa shape index (κ2) is 5.93. The van der Waals surface area contributed by atoms with Crippen molar-refractivity contribution in [1.29, 1.82) is 0 Å². The van der Waals surface area contributed by atoms with Crippen molar-refractivity contribution in [1.82, 2.24) is 5.32 Å². The van der Waals surface area contributed by atoms with Crippen molar-refractivity contribution in [2.24, 2.45) is 5.41 Å². The first kappa shape index (κ1) is 17.9. The maximum absolute atomic E-state index is 12.5. The summed E-state index contributed by atoms with van der Waals surface area (Å²) >= 11 is 0. The Labute approximate surface area is 117 Å². The molecule has 0 unspecified atom stereocenters. The molecule has 0 radical (unpaired) electrons. The molecular formula is C15H29NO3. The number of carbonyl (C=O) groups excluding carboxylic acids is 2. The largest absolute Gasteiger partial charge is 0.459 e. The zero-order valence-electron chi connectivity index (χ0n) is 13.6. The van der Waals surface area contributed by atoms with Crippen LogP contribution in [0.15, 0.2) is 0 Å². The third-order valence-electron chi connectivity index (χ3n) is 4.07. The number of esters is 1. The van der Waals surface area contributed by atoms with Gasteiger partial charge in [0.25, 0.3) is 0 Å². The normalized spacial score (nSPS) is 13.1. The maximum atomic E-state index is 12.5. The van der Waals surface area contributed by atoms with Crippen LogP contribution in [0.3, 0.4) is 0 Å². The predicted octanol–water partition coefficient (Wildman–Crippen LogP) is 3.05. The number of hydrogen-bond acceptors (Lipinski definition) is 3. The van der Waals surface area contributed by atoms with Crippen LogP contribution in [-0.4, -0.2) is 23.0 Å². The Kier molecular flexibility index (Phi) is 5.60. The second-order valence-electron chi connectivity index (χ2n) is 6.65. The lowest BCUT2D eigenvalue weighted by molar-refractivity contribution is -0.172. The molecule has 112 valence electrons. The molecule has 0 aromatic heterocycles. The molecule has 19 heavy (non-hydrogen) atoms. The average molecular weight is 271 g/mol. The molecule has 1 N–H and O–H groups in total. The van der Waals surface area contributed by atoms with Gasteiger partial charge < -0.3 is 10.1 Å². The van der Waals surface area contributed by atoms with E-state index in [1.807, 2.05) is 20.8 Å². The lowest BCUT2D eigenvalue weighted by Gasteiger charge is -2.41. The van der Waals surface area contributed by atoms with E-state index in [1.54, 1.807) is 34.6 Å². The summed E-state index contributed by atoms with van der Waals surface area (Å²) in [5, 5.41) is 3.01. The first-order valence-electron chi connectivity index (χ1n) is 6.94. The quantitative estimate of drug-likeness (QED) is 0.755. The first-order chi connectivity index (χ1) is 8.39. The van der Waals surface area contributed by atoms with Gasteiger partial charge in [-0.25, -0.2) is 0 Å². The monoisotopic (exact) mass is 271 g/mol. The Bertz CT molecular complexity index is 343. The van der Waals surface area contributed by atoms with Gasteiger partial charge in [0.05, 0.1) is 5.41 Å². The molecule has 0 atom stereocenters. The summed E-state index contributed by atoms with van der Waals surface area (Å²) in [6.45, 7) is 14.9. The molecule has 0 spiro atoms. The number of carbonyl (C=O) groups is 2. The van der Waals surface area contributed by atoms with Crippen LogP contribution in [0, 0.1) is 5.41 Å². The lowest BCUT2D eigenvalue weighted by Crippen LogP contribution is -2.56. The van der Waals surface area contributed by atoms with Gasteiger partial charge in [0.15, 0.2) is 0 Å². The fourth-order valence-electron chi connectivity index (χ4n) is 1.31. The standard InChI is InChI=1S/C15H29NO3/c1-9-11(17)19-15(7,8)14(5,6)12(18)16-13(3,4)10-2/h9-10H2,1-8H3,(H,16,18). The number of hydrogen-bond donors (Lipinski definition) is 1. The topological polar surface area (TPSA) is 55.4 Å². The Hall–Kier alpha value is -1.06. The first-order valence-corrected chi connectivity index (χ1v) is 6.94. The number of nitrogens with one attached hydrogen (secondary N) is 1. The Morgan fingerprint density at radius 1 is 1.00 bits per heavy atom. The van der Waals surface area contributed by atoms with E-state index in [0.717, 1.165) is 6.42 Å². The molecule has 0 bridgehead atoms. The number of ether oxygens (including phenoxy) is 1. The third kappa shape index (κ3) is 4.51. The zero-order chi connectivity index (χ0) is 15.5. The van der Waals surface area contributed by atoms with Crippen LogP contribution in [0.1, 0.15) is 68.2 Å². The minimum Gasteiger partial charge on any atom is -0.459 e. The van der Waals surface area contributed by atoms with E-state index in [9.17, 15) is 9.59 Å².